The van der Waals surface area contributed by atoms with Crippen LogP contribution in [0.1, 0.15) is 11.1 Å². The minimum atomic E-state index is -4.75. The molecule has 2 aromatic rings. The summed E-state index contributed by atoms with van der Waals surface area (Å²) in [6.07, 6.45) is -2.64. The molecule has 0 saturated carbocycles. The first kappa shape index (κ1) is 19.9. The fourth-order valence-electron chi connectivity index (χ4n) is 3.37. The number of fused-ring (bicyclic) bond motifs is 1. The van der Waals surface area contributed by atoms with E-state index >= 15 is 0 Å². The third-order valence-corrected chi connectivity index (χ3v) is 4.79. The number of hydrogen-bond acceptors (Lipinski definition) is 5. The number of alkyl halides is 3. The second-order valence-electron chi connectivity index (χ2n) is 6.98. The smallest absolute Gasteiger partial charge is 0.406 e. The van der Waals surface area contributed by atoms with Crippen LogP contribution in [0, 0.1) is 5.82 Å². The van der Waals surface area contributed by atoms with Crippen LogP contribution in [0.3, 0.4) is 0 Å². The molecular weight excluding hydrogens is 402 g/mol. The minimum absolute atomic E-state index is 0.254. The Morgan fingerprint density at radius 3 is 2.40 bits per heavy atom. The van der Waals surface area contributed by atoms with Crippen molar-refractivity contribution in [3.63, 3.8) is 0 Å². The van der Waals surface area contributed by atoms with Gasteiger partial charge in [-0.25, -0.2) is 4.39 Å². The molecule has 5 nitrogen and oxygen atoms in total. The van der Waals surface area contributed by atoms with Gasteiger partial charge in [-0.3, -0.25) is 9.80 Å². The molecule has 0 aliphatic carbocycles. The molecule has 156 valence electrons. The number of hydrazone groups is 1. The third-order valence-electron chi connectivity index (χ3n) is 4.79. The Hall–Kier alpha value is -3.36. The summed E-state index contributed by atoms with van der Waals surface area (Å²) in [4.78, 5) is 14.3. The molecule has 0 amide bonds. The van der Waals surface area contributed by atoms with E-state index in [1.165, 1.54) is 42.5 Å². The van der Waals surface area contributed by atoms with Gasteiger partial charge in [0.05, 0.1) is 0 Å². The van der Waals surface area contributed by atoms with Crippen molar-refractivity contribution in [2.45, 2.75) is 12.8 Å². The van der Waals surface area contributed by atoms with E-state index in [9.17, 15) is 22.4 Å². The van der Waals surface area contributed by atoms with Gasteiger partial charge < -0.3 is 9.64 Å². The van der Waals surface area contributed by atoms with E-state index in [-0.39, 0.29) is 17.3 Å². The van der Waals surface area contributed by atoms with E-state index in [4.69, 9.17) is 0 Å². The lowest BCUT2D eigenvalue weighted by Gasteiger charge is -2.25. The zero-order valence-corrected chi connectivity index (χ0v) is 15.7. The van der Waals surface area contributed by atoms with Crippen molar-refractivity contribution in [1.82, 2.24) is 9.91 Å². The van der Waals surface area contributed by atoms with Crippen LogP contribution in [-0.2, 0) is 11.2 Å². The Bertz CT molecular complexity index is 998. The molecule has 2 aromatic carbocycles. The van der Waals surface area contributed by atoms with Crippen molar-refractivity contribution in [2.75, 3.05) is 19.8 Å². The van der Waals surface area contributed by atoms with Crippen molar-refractivity contribution in [3.05, 3.63) is 71.6 Å². The zero-order chi connectivity index (χ0) is 21.3. The molecule has 0 atom stereocenters. The molecule has 0 unspecified atom stereocenters. The number of halogens is 4. The second kappa shape index (κ2) is 7.81. The first-order chi connectivity index (χ1) is 14.3. The van der Waals surface area contributed by atoms with E-state index in [1.54, 1.807) is 17.1 Å². The van der Waals surface area contributed by atoms with Crippen LogP contribution < -0.4 is 4.74 Å². The Morgan fingerprint density at radius 1 is 1.03 bits per heavy atom. The lowest BCUT2D eigenvalue weighted by Crippen LogP contribution is -2.39. The molecule has 0 N–H and O–H groups in total. The Balaban J connectivity index is 1.39. The topological polar surface area (TPSA) is 45.1 Å². The molecule has 2 aliphatic heterocycles. The first-order valence-corrected chi connectivity index (χ1v) is 9.21. The van der Waals surface area contributed by atoms with Crippen molar-refractivity contribution >= 4 is 17.2 Å². The molecule has 0 spiro atoms. The lowest BCUT2D eigenvalue weighted by atomic mass is 10.0. The van der Waals surface area contributed by atoms with Crippen LogP contribution in [0.4, 0.5) is 17.6 Å². The standard InChI is InChI=1S/C21H17F4N3O2/c22-17-5-1-14(2-6-17)9-10-28-13-27-12-16(11-19(29)20(27)26-28)15-3-7-18(8-4-15)30-21(23,24)25/h1-8,11H,9-10,12-13H2. The van der Waals surface area contributed by atoms with Gasteiger partial charge in [-0.1, -0.05) is 24.3 Å². The number of carbonyl (C=O) groups is 1. The molecule has 30 heavy (non-hydrogen) atoms. The van der Waals surface area contributed by atoms with E-state index in [2.05, 4.69) is 9.84 Å². The third kappa shape index (κ3) is 4.61. The minimum Gasteiger partial charge on any atom is -0.406 e. The molecule has 0 radical (unpaired) electrons. The number of benzene rings is 2. The van der Waals surface area contributed by atoms with Gasteiger partial charge in [0.25, 0.3) is 0 Å². The number of ether oxygens (including phenoxy) is 1. The van der Waals surface area contributed by atoms with E-state index in [1.807, 2.05) is 4.90 Å². The molecule has 0 fully saturated rings. The highest BCUT2D eigenvalue weighted by atomic mass is 19.4. The summed E-state index contributed by atoms with van der Waals surface area (Å²) in [5.74, 6) is -0.519. The van der Waals surface area contributed by atoms with Crippen LogP contribution in [0.5, 0.6) is 5.75 Å². The number of hydrogen-bond donors (Lipinski definition) is 0. The van der Waals surface area contributed by atoms with Gasteiger partial charge in [0.2, 0.25) is 5.78 Å². The molecule has 0 saturated heterocycles. The average Bonchev–Trinajstić information content (AvgIpc) is 3.11. The summed E-state index contributed by atoms with van der Waals surface area (Å²) >= 11 is 0. The van der Waals surface area contributed by atoms with E-state index in [0.717, 1.165) is 5.56 Å². The summed E-state index contributed by atoms with van der Waals surface area (Å²) in [5, 5.41) is 6.14. The van der Waals surface area contributed by atoms with Gasteiger partial charge in [0.1, 0.15) is 18.2 Å². The van der Waals surface area contributed by atoms with Gasteiger partial charge in [0.15, 0.2) is 5.84 Å². The van der Waals surface area contributed by atoms with Crippen molar-refractivity contribution < 1.29 is 27.1 Å². The second-order valence-corrected chi connectivity index (χ2v) is 6.98. The monoisotopic (exact) mass is 419 g/mol. The maximum absolute atomic E-state index is 13.0. The van der Waals surface area contributed by atoms with Gasteiger partial charge in [-0.2, -0.15) is 5.10 Å². The highest BCUT2D eigenvalue weighted by Crippen LogP contribution is 2.27. The number of ketones is 1. The average molecular weight is 419 g/mol. The first-order valence-electron chi connectivity index (χ1n) is 9.21. The highest BCUT2D eigenvalue weighted by Gasteiger charge is 2.33. The number of nitrogens with zero attached hydrogens (tertiary/aromatic N) is 3. The summed E-state index contributed by atoms with van der Waals surface area (Å²) in [5.41, 5.74) is 2.30. The highest BCUT2D eigenvalue weighted by molar-refractivity contribution is 6.45. The molecule has 0 bridgehead atoms. The Labute approximate surface area is 169 Å². The molecular formula is C21H17F4N3O2. The van der Waals surface area contributed by atoms with Crippen LogP contribution >= 0.6 is 0 Å². The summed E-state index contributed by atoms with van der Waals surface area (Å²) < 4.78 is 53.8. The zero-order valence-electron chi connectivity index (χ0n) is 15.7. The number of rotatable bonds is 5. The number of carbonyl (C=O) groups excluding carboxylic acids is 1. The molecule has 2 aliphatic rings. The van der Waals surface area contributed by atoms with Crippen LogP contribution in [0.15, 0.2) is 59.7 Å². The lowest BCUT2D eigenvalue weighted by molar-refractivity contribution is -0.274. The quantitative estimate of drug-likeness (QED) is 0.692. The number of amidine groups is 1. The van der Waals surface area contributed by atoms with Crippen LogP contribution in [-0.4, -0.2) is 47.6 Å². The summed E-state index contributed by atoms with van der Waals surface area (Å²) in [7, 11) is 0. The summed E-state index contributed by atoms with van der Waals surface area (Å²) in [6.45, 7) is 1.41. The van der Waals surface area contributed by atoms with Crippen LogP contribution in [0.2, 0.25) is 0 Å². The largest absolute Gasteiger partial charge is 0.573 e. The Kier molecular flexibility index (Phi) is 5.19. The molecule has 4 rings (SSSR count). The SMILES string of the molecule is O=C1C=C(c2ccc(OC(F)(F)F)cc2)CN2CN(CCc3ccc(F)cc3)N=C12. The Morgan fingerprint density at radius 2 is 1.73 bits per heavy atom. The molecule has 9 heteroatoms. The van der Waals surface area contributed by atoms with E-state index < -0.39 is 6.36 Å². The van der Waals surface area contributed by atoms with Crippen molar-refractivity contribution in [3.8, 4) is 5.75 Å². The van der Waals surface area contributed by atoms with Crippen molar-refractivity contribution in [2.24, 2.45) is 5.10 Å². The van der Waals surface area contributed by atoms with E-state index in [0.29, 0.717) is 43.2 Å². The fourth-order valence-corrected chi connectivity index (χ4v) is 3.37. The van der Waals surface area contributed by atoms with Gasteiger partial charge in [-0.05, 0) is 53.5 Å². The predicted octanol–water partition coefficient (Wildman–Crippen LogP) is 3.82. The van der Waals surface area contributed by atoms with Gasteiger partial charge in [-0.15, -0.1) is 13.2 Å². The summed E-state index contributed by atoms with van der Waals surface area (Å²) in [6, 6.07) is 11.6. The maximum atomic E-state index is 13.0. The van der Waals surface area contributed by atoms with Crippen molar-refractivity contribution in [1.29, 1.82) is 0 Å². The van der Waals surface area contributed by atoms with Gasteiger partial charge in [0, 0.05) is 13.1 Å². The van der Waals surface area contributed by atoms with Crippen LogP contribution in [0.25, 0.3) is 5.57 Å². The fraction of sp³-hybridized carbons (Fsp3) is 0.238. The maximum Gasteiger partial charge on any atom is 0.573 e. The molecule has 0 aromatic heterocycles. The molecule has 2 heterocycles. The van der Waals surface area contributed by atoms with Gasteiger partial charge >= 0.3 is 6.36 Å². The normalized spacial score (nSPS) is 16.3. The predicted molar refractivity (Wildman–Crippen MR) is 102 cm³/mol.